The van der Waals surface area contributed by atoms with Crippen molar-refractivity contribution in [3.05, 3.63) is 116 Å². The highest BCUT2D eigenvalue weighted by Crippen LogP contribution is 2.24. The van der Waals surface area contributed by atoms with Crippen LogP contribution in [0.4, 0.5) is 5.69 Å². The Morgan fingerprint density at radius 1 is 0.974 bits per heavy atom. The van der Waals surface area contributed by atoms with E-state index in [1.165, 1.54) is 10.6 Å². The molecule has 1 amide bonds. The summed E-state index contributed by atoms with van der Waals surface area (Å²) in [5.41, 5.74) is 10.5. The Kier molecular flexibility index (Phi) is 8.42. The van der Waals surface area contributed by atoms with Crippen molar-refractivity contribution in [1.82, 2.24) is 9.99 Å². The molecule has 0 unspecified atom stereocenters. The summed E-state index contributed by atoms with van der Waals surface area (Å²) in [6, 6.07) is 22.5. The lowest BCUT2D eigenvalue weighted by molar-refractivity contribution is 0.0955. The van der Waals surface area contributed by atoms with Crippen molar-refractivity contribution in [2.24, 2.45) is 5.10 Å². The maximum atomic E-state index is 12.7. The molecule has 0 fully saturated rings. The topological polar surface area (TPSA) is 83.8 Å². The quantitative estimate of drug-likeness (QED) is 0.191. The molecule has 1 heterocycles. The Morgan fingerprint density at radius 3 is 2.33 bits per heavy atom. The van der Waals surface area contributed by atoms with Gasteiger partial charge in [-0.1, -0.05) is 40.2 Å². The third kappa shape index (κ3) is 6.66. The lowest BCUT2D eigenvalue weighted by Crippen LogP contribution is -2.29. The third-order valence-electron chi connectivity index (χ3n) is 6.63. The highest BCUT2D eigenvalue weighted by Gasteiger charge is 2.19. The number of aryl methyl sites for hydroxylation is 3. The van der Waals surface area contributed by atoms with Crippen molar-refractivity contribution in [2.45, 2.75) is 34.2 Å². The van der Waals surface area contributed by atoms with Gasteiger partial charge in [0.15, 0.2) is 0 Å². The molecule has 0 bridgehead atoms. The number of benzene rings is 3. The molecular formula is C30H31BrN4O3S. The van der Waals surface area contributed by atoms with Crippen molar-refractivity contribution in [1.29, 1.82) is 0 Å². The first-order valence-electron chi connectivity index (χ1n) is 12.4. The highest BCUT2D eigenvalue weighted by atomic mass is 79.9. The fourth-order valence-electron chi connectivity index (χ4n) is 4.36. The predicted molar refractivity (Wildman–Crippen MR) is 161 cm³/mol. The van der Waals surface area contributed by atoms with E-state index < -0.39 is 10.0 Å². The Morgan fingerprint density at radius 2 is 1.69 bits per heavy atom. The standard InChI is InChI=1S/C30H31BrN4O3S/c1-20-9-14-28(15-21(20)2)34(39(5,37)38)19-24-10-12-25(13-11-24)30(36)33-32-18-26-16-22(3)35(23(26)4)29-8-6-7-27(31)17-29/h6-18H,19H2,1-5H3,(H,33,36)/b32-18+. The van der Waals surface area contributed by atoms with Gasteiger partial charge < -0.3 is 4.57 Å². The summed E-state index contributed by atoms with van der Waals surface area (Å²) in [4.78, 5) is 12.7. The van der Waals surface area contributed by atoms with Gasteiger partial charge in [-0.25, -0.2) is 13.8 Å². The van der Waals surface area contributed by atoms with E-state index in [0.717, 1.165) is 43.8 Å². The Balaban J connectivity index is 1.45. The molecule has 9 heteroatoms. The molecule has 4 aromatic rings. The SMILES string of the molecule is Cc1ccc(N(Cc2ccc(C(=O)N/N=C/c3cc(C)n(-c4cccc(Br)c4)c3C)cc2)S(C)(=O)=O)cc1C. The molecule has 0 aliphatic rings. The van der Waals surface area contributed by atoms with Gasteiger partial charge in [0.05, 0.1) is 24.7 Å². The van der Waals surface area contributed by atoms with Crippen molar-refractivity contribution in [3.8, 4) is 5.69 Å². The zero-order valence-corrected chi connectivity index (χ0v) is 25.0. The van der Waals surface area contributed by atoms with Crippen LogP contribution in [0.25, 0.3) is 5.69 Å². The number of sulfonamides is 1. The van der Waals surface area contributed by atoms with Crippen molar-refractivity contribution < 1.29 is 13.2 Å². The first-order valence-corrected chi connectivity index (χ1v) is 15.0. The number of hydrogen-bond acceptors (Lipinski definition) is 4. The fraction of sp³-hybridized carbons (Fsp3) is 0.200. The number of anilines is 1. The number of amides is 1. The van der Waals surface area contributed by atoms with Crippen LogP contribution in [-0.2, 0) is 16.6 Å². The van der Waals surface area contributed by atoms with E-state index in [4.69, 9.17) is 0 Å². The molecule has 39 heavy (non-hydrogen) atoms. The molecule has 7 nitrogen and oxygen atoms in total. The summed E-state index contributed by atoms with van der Waals surface area (Å²) in [6.07, 6.45) is 2.83. The zero-order valence-electron chi connectivity index (χ0n) is 22.6. The van der Waals surface area contributed by atoms with Crippen molar-refractivity contribution in [3.63, 3.8) is 0 Å². The van der Waals surface area contributed by atoms with Crippen LogP contribution in [0, 0.1) is 27.7 Å². The lowest BCUT2D eigenvalue weighted by atomic mass is 10.1. The molecule has 4 rings (SSSR count). The average Bonchev–Trinajstić information content (AvgIpc) is 3.16. The number of rotatable bonds is 8. The van der Waals surface area contributed by atoms with Gasteiger partial charge in [-0.15, -0.1) is 0 Å². The van der Waals surface area contributed by atoms with Gasteiger partial charge in [0, 0.05) is 32.7 Å². The molecule has 202 valence electrons. The van der Waals surface area contributed by atoms with Gasteiger partial charge in [0.2, 0.25) is 10.0 Å². The van der Waals surface area contributed by atoms with Gasteiger partial charge in [-0.05, 0) is 92.9 Å². The van der Waals surface area contributed by atoms with Crippen LogP contribution in [0.5, 0.6) is 0 Å². The number of nitrogens with zero attached hydrogens (tertiary/aromatic N) is 3. The monoisotopic (exact) mass is 606 g/mol. The number of carbonyl (C=O) groups is 1. The first-order chi connectivity index (χ1) is 18.4. The number of carbonyl (C=O) groups excluding carboxylic acids is 1. The number of hydrogen-bond donors (Lipinski definition) is 1. The van der Waals surface area contributed by atoms with Gasteiger partial charge in [-0.3, -0.25) is 9.10 Å². The van der Waals surface area contributed by atoms with Crippen molar-refractivity contribution >= 4 is 43.8 Å². The summed E-state index contributed by atoms with van der Waals surface area (Å²) in [5.74, 6) is -0.354. The van der Waals surface area contributed by atoms with E-state index in [-0.39, 0.29) is 12.5 Å². The number of aromatic nitrogens is 1. The highest BCUT2D eigenvalue weighted by molar-refractivity contribution is 9.10. The molecule has 3 aromatic carbocycles. The summed E-state index contributed by atoms with van der Waals surface area (Å²) < 4.78 is 29.5. The van der Waals surface area contributed by atoms with E-state index in [0.29, 0.717) is 11.3 Å². The van der Waals surface area contributed by atoms with E-state index in [1.807, 2.05) is 70.2 Å². The van der Waals surface area contributed by atoms with Crippen molar-refractivity contribution in [2.75, 3.05) is 10.6 Å². The molecule has 0 radical (unpaired) electrons. The summed E-state index contributed by atoms with van der Waals surface area (Å²) >= 11 is 3.52. The van der Waals surface area contributed by atoms with E-state index >= 15 is 0 Å². The molecule has 0 saturated carbocycles. The van der Waals surface area contributed by atoms with Crippen LogP contribution in [0.2, 0.25) is 0 Å². The number of nitrogens with one attached hydrogen (secondary N) is 1. The Bertz CT molecular complexity index is 1660. The van der Waals surface area contributed by atoms with Gasteiger partial charge >= 0.3 is 0 Å². The average molecular weight is 608 g/mol. The molecule has 1 aromatic heterocycles. The van der Waals surface area contributed by atoms with Crippen LogP contribution in [0.1, 0.15) is 44.0 Å². The molecular weight excluding hydrogens is 576 g/mol. The van der Waals surface area contributed by atoms with Crippen LogP contribution in [0.3, 0.4) is 0 Å². The molecule has 0 saturated heterocycles. The minimum absolute atomic E-state index is 0.162. The molecule has 0 aliphatic carbocycles. The maximum Gasteiger partial charge on any atom is 0.271 e. The smallest absolute Gasteiger partial charge is 0.271 e. The largest absolute Gasteiger partial charge is 0.318 e. The molecule has 0 aliphatic heterocycles. The second kappa shape index (κ2) is 11.6. The van der Waals surface area contributed by atoms with Gasteiger partial charge in [0.1, 0.15) is 0 Å². The molecule has 1 N–H and O–H groups in total. The fourth-order valence-corrected chi connectivity index (χ4v) is 5.63. The Hall–Kier alpha value is -3.69. The van der Waals surface area contributed by atoms with Gasteiger partial charge in [-0.2, -0.15) is 5.10 Å². The van der Waals surface area contributed by atoms with Crippen LogP contribution < -0.4 is 9.73 Å². The Labute approximate surface area is 238 Å². The zero-order chi connectivity index (χ0) is 28.3. The third-order valence-corrected chi connectivity index (χ3v) is 8.26. The van der Waals surface area contributed by atoms with Crippen LogP contribution in [0.15, 0.2) is 82.4 Å². The second-order valence-electron chi connectivity index (χ2n) is 9.58. The second-order valence-corrected chi connectivity index (χ2v) is 12.4. The lowest BCUT2D eigenvalue weighted by Gasteiger charge is -2.23. The minimum atomic E-state index is -3.50. The molecule has 0 spiro atoms. The summed E-state index contributed by atoms with van der Waals surface area (Å²) in [6.45, 7) is 8.13. The minimum Gasteiger partial charge on any atom is -0.318 e. The maximum absolute atomic E-state index is 12.7. The van der Waals surface area contributed by atoms with E-state index in [1.54, 1.807) is 36.5 Å². The molecule has 0 atom stereocenters. The van der Waals surface area contributed by atoms with E-state index in [9.17, 15) is 13.2 Å². The van der Waals surface area contributed by atoms with Crippen LogP contribution in [-0.4, -0.2) is 31.4 Å². The predicted octanol–water partition coefficient (Wildman–Crippen LogP) is 6.20. The normalized spacial score (nSPS) is 11.6. The first kappa shape index (κ1) is 28.3. The number of halogens is 1. The van der Waals surface area contributed by atoms with Crippen LogP contribution >= 0.6 is 15.9 Å². The number of hydrazone groups is 1. The van der Waals surface area contributed by atoms with E-state index in [2.05, 4.69) is 31.0 Å². The summed E-state index contributed by atoms with van der Waals surface area (Å²) in [5, 5.41) is 4.17. The van der Waals surface area contributed by atoms with Gasteiger partial charge in [0.25, 0.3) is 5.91 Å². The summed E-state index contributed by atoms with van der Waals surface area (Å²) in [7, 11) is -3.50.